The Hall–Kier alpha value is -3.08. The normalized spacial score (nSPS) is 10.5. The number of benzene rings is 2. The van der Waals surface area contributed by atoms with Gasteiger partial charge < -0.3 is 14.8 Å². The molecule has 0 atom stereocenters. The van der Waals surface area contributed by atoms with Gasteiger partial charge in [-0.25, -0.2) is 0 Å². The van der Waals surface area contributed by atoms with Gasteiger partial charge in [0.25, 0.3) is 5.91 Å². The molecular weight excluding hydrogens is 304 g/mol. The summed E-state index contributed by atoms with van der Waals surface area (Å²) in [6, 6.07) is 13.0. The highest BCUT2D eigenvalue weighted by molar-refractivity contribution is 6.11. The third-order valence-electron chi connectivity index (χ3n) is 3.75. The fourth-order valence-electron chi connectivity index (χ4n) is 2.70. The number of hydrogen-bond donors (Lipinski definition) is 1. The lowest BCUT2D eigenvalue weighted by molar-refractivity contribution is 0.102. The van der Waals surface area contributed by atoms with E-state index >= 15 is 0 Å². The van der Waals surface area contributed by atoms with E-state index in [0.29, 0.717) is 22.7 Å². The van der Waals surface area contributed by atoms with Gasteiger partial charge in [0.15, 0.2) is 0 Å². The highest BCUT2D eigenvalue weighted by Gasteiger charge is 2.19. The number of carbonyl (C=O) groups excluding carboxylic acids is 1. The molecule has 0 spiro atoms. The van der Waals surface area contributed by atoms with E-state index in [4.69, 9.17) is 9.47 Å². The molecule has 0 aliphatic heterocycles. The van der Waals surface area contributed by atoms with Crippen molar-refractivity contribution in [2.75, 3.05) is 19.5 Å². The van der Waals surface area contributed by atoms with E-state index in [1.807, 2.05) is 31.2 Å². The molecule has 3 aromatic rings. The second-order valence-corrected chi connectivity index (χ2v) is 5.38. The van der Waals surface area contributed by atoms with Gasteiger partial charge in [-0.1, -0.05) is 12.1 Å². The number of hydrogen-bond acceptors (Lipinski definition) is 4. The molecule has 1 aromatic heterocycles. The third-order valence-corrected chi connectivity index (χ3v) is 3.75. The molecule has 0 bridgehead atoms. The fraction of sp³-hybridized carbons (Fsp3) is 0.158. The molecule has 0 aliphatic rings. The van der Waals surface area contributed by atoms with Crippen LogP contribution in [0.15, 0.2) is 48.7 Å². The first-order valence-electron chi connectivity index (χ1n) is 7.51. The minimum absolute atomic E-state index is 0.304. The van der Waals surface area contributed by atoms with Gasteiger partial charge >= 0.3 is 0 Å². The molecule has 0 saturated heterocycles. The third kappa shape index (κ3) is 2.88. The number of carbonyl (C=O) groups is 1. The quantitative estimate of drug-likeness (QED) is 0.793. The van der Waals surface area contributed by atoms with E-state index < -0.39 is 0 Å². The fourth-order valence-corrected chi connectivity index (χ4v) is 2.70. The first kappa shape index (κ1) is 15.8. The molecular formula is C19H18N2O3. The summed E-state index contributed by atoms with van der Waals surface area (Å²) in [6.45, 7) is 1.98. The van der Waals surface area contributed by atoms with Gasteiger partial charge in [-0.2, -0.15) is 0 Å². The van der Waals surface area contributed by atoms with Crippen LogP contribution in [-0.4, -0.2) is 25.1 Å². The van der Waals surface area contributed by atoms with Crippen LogP contribution in [-0.2, 0) is 0 Å². The molecule has 5 nitrogen and oxygen atoms in total. The largest absolute Gasteiger partial charge is 0.496 e. The minimum Gasteiger partial charge on any atom is -0.496 e. The number of aromatic nitrogens is 1. The Labute approximate surface area is 140 Å². The van der Waals surface area contributed by atoms with Gasteiger partial charge in [-0.05, 0) is 42.8 Å². The van der Waals surface area contributed by atoms with Gasteiger partial charge in [-0.3, -0.25) is 9.78 Å². The van der Waals surface area contributed by atoms with Crippen LogP contribution in [0.5, 0.6) is 11.5 Å². The molecule has 1 N–H and O–H groups in total. The van der Waals surface area contributed by atoms with E-state index in [1.165, 1.54) is 14.2 Å². The van der Waals surface area contributed by atoms with Gasteiger partial charge in [0, 0.05) is 11.6 Å². The van der Waals surface area contributed by atoms with Crippen molar-refractivity contribution in [1.82, 2.24) is 4.98 Å². The topological polar surface area (TPSA) is 60.5 Å². The average Bonchev–Trinajstić information content (AvgIpc) is 2.60. The van der Waals surface area contributed by atoms with Crippen LogP contribution in [0.2, 0.25) is 0 Å². The van der Waals surface area contributed by atoms with Crippen molar-refractivity contribution in [2.45, 2.75) is 6.92 Å². The average molecular weight is 322 g/mol. The van der Waals surface area contributed by atoms with Crippen molar-refractivity contribution in [3.63, 3.8) is 0 Å². The number of nitrogens with one attached hydrogen (secondary N) is 1. The molecule has 0 aliphatic carbocycles. The van der Waals surface area contributed by atoms with Gasteiger partial charge in [0.2, 0.25) is 0 Å². The summed E-state index contributed by atoms with van der Waals surface area (Å²) in [5.74, 6) is 0.607. The van der Waals surface area contributed by atoms with Crippen molar-refractivity contribution in [3.8, 4) is 11.5 Å². The maximum absolute atomic E-state index is 12.8. The molecule has 0 radical (unpaired) electrons. The summed E-state index contributed by atoms with van der Waals surface area (Å²) in [4.78, 5) is 17.2. The second kappa shape index (κ2) is 6.58. The Morgan fingerprint density at radius 2 is 1.75 bits per heavy atom. The summed E-state index contributed by atoms with van der Waals surface area (Å²) >= 11 is 0. The molecule has 24 heavy (non-hydrogen) atoms. The Bertz CT molecular complexity index is 884. The number of anilines is 1. The zero-order chi connectivity index (χ0) is 17.1. The van der Waals surface area contributed by atoms with E-state index in [2.05, 4.69) is 10.3 Å². The van der Waals surface area contributed by atoms with Gasteiger partial charge in [0.05, 0.1) is 25.4 Å². The van der Waals surface area contributed by atoms with Crippen LogP contribution < -0.4 is 14.8 Å². The molecule has 1 heterocycles. The Balaban J connectivity index is 2.06. The standard InChI is InChI=1S/C19H18N2O3/c1-12-10-13-6-5-9-20-18(13)14(11-12)21-19(22)17-15(23-2)7-4-8-16(17)24-3/h4-11H,1-3H3,(H,21,22). The maximum Gasteiger partial charge on any atom is 0.263 e. The Kier molecular flexibility index (Phi) is 4.33. The molecule has 2 aromatic carbocycles. The number of ether oxygens (including phenoxy) is 2. The summed E-state index contributed by atoms with van der Waals surface area (Å²) in [5, 5.41) is 3.90. The molecule has 0 saturated carbocycles. The lowest BCUT2D eigenvalue weighted by Crippen LogP contribution is -2.15. The Morgan fingerprint density at radius 1 is 1.04 bits per heavy atom. The number of pyridine rings is 1. The molecule has 5 heteroatoms. The summed E-state index contributed by atoms with van der Waals surface area (Å²) < 4.78 is 10.6. The van der Waals surface area contributed by atoms with E-state index in [1.54, 1.807) is 24.4 Å². The SMILES string of the molecule is COc1cccc(OC)c1C(=O)Nc1cc(C)cc2cccnc12. The minimum atomic E-state index is -0.304. The van der Waals surface area contributed by atoms with Crippen molar-refractivity contribution in [1.29, 1.82) is 0 Å². The molecule has 0 unspecified atom stereocenters. The number of nitrogens with zero attached hydrogens (tertiary/aromatic N) is 1. The monoisotopic (exact) mass is 322 g/mol. The summed E-state index contributed by atoms with van der Waals surface area (Å²) in [6.07, 6.45) is 1.71. The van der Waals surface area contributed by atoms with Crippen molar-refractivity contribution < 1.29 is 14.3 Å². The van der Waals surface area contributed by atoms with E-state index in [0.717, 1.165) is 16.5 Å². The van der Waals surface area contributed by atoms with Crippen LogP contribution >= 0.6 is 0 Å². The number of methoxy groups -OCH3 is 2. The number of rotatable bonds is 4. The smallest absolute Gasteiger partial charge is 0.263 e. The molecule has 122 valence electrons. The first-order chi connectivity index (χ1) is 11.6. The van der Waals surface area contributed by atoms with Crippen LogP contribution in [0, 0.1) is 6.92 Å². The van der Waals surface area contributed by atoms with E-state index in [9.17, 15) is 4.79 Å². The zero-order valence-corrected chi connectivity index (χ0v) is 13.8. The highest BCUT2D eigenvalue weighted by Crippen LogP contribution is 2.30. The van der Waals surface area contributed by atoms with Gasteiger partial charge in [-0.15, -0.1) is 0 Å². The number of aryl methyl sites for hydroxylation is 1. The highest BCUT2D eigenvalue weighted by atomic mass is 16.5. The summed E-state index contributed by atoms with van der Waals surface area (Å²) in [5.41, 5.74) is 2.79. The maximum atomic E-state index is 12.8. The van der Waals surface area contributed by atoms with Crippen LogP contribution in [0.25, 0.3) is 10.9 Å². The Morgan fingerprint density at radius 3 is 2.42 bits per heavy atom. The molecule has 0 fully saturated rings. The lowest BCUT2D eigenvalue weighted by atomic mass is 10.1. The van der Waals surface area contributed by atoms with Crippen molar-refractivity contribution in [3.05, 3.63) is 59.8 Å². The predicted octanol–water partition coefficient (Wildman–Crippen LogP) is 3.81. The zero-order valence-electron chi connectivity index (χ0n) is 13.8. The molecule has 3 rings (SSSR count). The first-order valence-corrected chi connectivity index (χ1v) is 7.51. The van der Waals surface area contributed by atoms with Crippen molar-refractivity contribution >= 4 is 22.5 Å². The van der Waals surface area contributed by atoms with E-state index in [-0.39, 0.29) is 5.91 Å². The summed E-state index contributed by atoms with van der Waals surface area (Å²) in [7, 11) is 3.05. The van der Waals surface area contributed by atoms with Crippen LogP contribution in [0.4, 0.5) is 5.69 Å². The molecule has 1 amide bonds. The lowest BCUT2D eigenvalue weighted by Gasteiger charge is -2.14. The van der Waals surface area contributed by atoms with Crippen LogP contribution in [0.1, 0.15) is 15.9 Å². The van der Waals surface area contributed by atoms with Gasteiger partial charge in [0.1, 0.15) is 17.1 Å². The number of fused-ring (bicyclic) bond motifs is 1. The predicted molar refractivity (Wildman–Crippen MR) is 94.0 cm³/mol. The second-order valence-electron chi connectivity index (χ2n) is 5.38. The number of amides is 1. The van der Waals surface area contributed by atoms with Crippen molar-refractivity contribution in [2.24, 2.45) is 0 Å². The van der Waals surface area contributed by atoms with Crippen LogP contribution in [0.3, 0.4) is 0 Å².